The van der Waals surface area contributed by atoms with Gasteiger partial charge in [-0.25, -0.2) is 4.79 Å². The number of aliphatic hydroxyl groups is 1. The van der Waals surface area contributed by atoms with Gasteiger partial charge in [0.05, 0.1) is 31.5 Å². The Balaban J connectivity index is 1.27. The smallest absolute Gasteiger partial charge is 0.434 e. The van der Waals surface area contributed by atoms with E-state index in [9.17, 15) is 9.90 Å². The van der Waals surface area contributed by atoms with Crippen LogP contribution in [0, 0.1) is 11.8 Å². The summed E-state index contributed by atoms with van der Waals surface area (Å²) in [6.07, 6.45) is 6.86. The lowest BCUT2D eigenvalue weighted by Gasteiger charge is -2.25. The summed E-state index contributed by atoms with van der Waals surface area (Å²) in [4.78, 5) is 11.6. The number of hydrogen-bond acceptors (Lipinski definition) is 5. The summed E-state index contributed by atoms with van der Waals surface area (Å²) >= 11 is 0. The molecule has 3 unspecified atom stereocenters. The van der Waals surface area contributed by atoms with Crippen molar-refractivity contribution in [2.45, 2.75) is 63.3 Å². The van der Waals surface area contributed by atoms with Gasteiger partial charge in [-0.15, -0.1) is 0 Å². The number of carbonyl (C=O) groups is 1. The lowest BCUT2D eigenvalue weighted by atomic mass is 9.88. The molecule has 5 nitrogen and oxygen atoms in total. The molecule has 0 amide bonds. The summed E-state index contributed by atoms with van der Waals surface area (Å²) in [6, 6.07) is 0. The molecule has 0 aromatic carbocycles. The standard InChI is InChI=1S/C15H24O5/c16-12-4-1-10(2-5-12)8-18-15(17)19-9-11-3-6-13-14(7-11)20-13/h10-14,16H,1-9H2. The number of carbonyl (C=O) groups excluding carboxylic acids is 1. The molecule has 2 saturated carbocycles. The largest absolute Gasteiger partial charge is 0.508 e. The predicted molar refractivity (Wildman–Crippen MR) is 71.3 cm³/mol. The number of epoxide rings is 1. The van der Waals surface area contributed by atoms with Gasteiger partial charge in [-0.3, -0.25) is 0 Å². The summed E-state index contributed by atoms with van der Waals surface area (Å²) in [5.41, 5.74) is 0. The third-order valence-electron chi connectivity index (χ3n) is 4.80. The van der Waals surface area contributed by atoms with Crippen LogP contribution < -0.4 is 0 Å². The van der Waals surface area contributed by atoms with Gasteiger partial charge >= 0.3 is 6.16 Å². The van der Waals surface area contributed by atoms with Crippen LogP contribution in [-0.4, -0.2) is 42.8 Å². The zero-order valence-electron chi connectivity index (χ0n) is 11.8. The molecule has 2 aliphatic carbocycles. The van der Waals surface area contributed by atoms with E-state index < -0.39 is 6.16 Å². The Bertz CT molecular complexity index is 337. The van der Waals surface area contributed by atoms with Crippen LogP contribution in [0.4, 0.5) is 4.79 Å². The zero-order valence-corrected chi connectivity index (χ0v) is 11.8. The normalized spacial score (nSPS) is 39.8. The van der Waals surface area contributed by atoms with Crippen molar-refractivity contribution in [1.29, 1.82) is 0 Å². The maximum absolute atomic E-state index is 11.6. The number of rotatable bonds is 4. The predicted octanol–water partition coefficient (Wildman–Crippen LogP) is 2.26. The van der Waals surface area contributed by atoms with E-state index in [1.54, 1.807) is 0 Å². The summed E-state index contributed by atoms with van der Waals surface area (Å²) < 4.78 is 15.8. The number of hydrogen-bond donors (Lipinski definition) is 1. The minimum absolute atomic E-state index is 0.169. The van der Waals surface area contributed by atoms with E-state index in [0.29, 0.717) is 37.3 Å². The SMILES string of the molecule is O=C(OCC1CCC(O)CC1)OCC1CCC2OC2C1. The molecule has 114 valence electrons. The van der Waals surface area contributed by atoms with Gasteiger partial charge in [-0.1, -0.05) is 0 Å². The molecule has 3 atom stereocenters. The maximum atomic E-state index is 11.6. The molecule has 3 rings (SSSR count). The highest BCUT2D eigenvalue weighted by atomic mass is 16.7. The first-order chi connectivity index (χ1) is 9.70. The Morgan fingerprint density at radius 2 is 1.60 bits per heavy atom. The van der Waals surface area contributed by atoms with E-state index in [-0.39, 0.29) is 6.10 Å². The van der Waals surface area contributed by atoms with Crippen LogP contribution in [-0.2, 0) is 14.2 Å². The van der Waals surface area contributed by atoms with Crippen molar-refractivity contribution in [3.8, 4) is 0 Å². The lowest BCUT2D eigenvalue weighted by Crippen LogP contribution is -2.24. The van der Waals surface area contributed by atoms with E-state index in [1.807, 2.05) is 0 Å². The number of ether oxygens (including phenoxy) is 3. The Kier molecular flexibility index (Phi) is 4.46. The van der Waals surface area contributed by atoms with E-state index >= 15 is 0 Å². The van der Waals surface area contributed by atoms with E-state index in [0.717, 1.165) is 44.9 Å². The van der Waals surface area contributed by atoms with E-state index in [1.165, 1.54) is 0 Å². The second kappa shape index (κ2) is 6.31. The third-order valence-corrected chi connectivity index (χ3v) is 4.80. The van der Waals surface area contributed by atoms with Gasteiger partial charge < -0.3 is 19.3 Å². The molecule has 0 aromatic rings. The van der Waals surface area contributed by atoms with Crippen molar-refractivity contribution in [3.63, 3.8) is 0 Å². The quantitative estimate of drug-likeness (QED) is 0.633. The topological polar surface area (TPSA) is 68.3 Å². The number of fused-ring (bicyclic) bond motifs is 1. The molecular formula is C15H24O5. The van der Waals surface area contributed by atoms with E-state index in [4.69, 9.17) is 14.2 Å². The molecule has 3 fully saturated rings. The molecule has 20 heavy (non-hydrogen) atoms. The molecule has 1 saturated heterocycles. The van der Waals surface area contributed by atoms with E-state index in [2.05, 4.69) is 0 Å². The van der Waals surface area contributed by atoms with Gasteiger partial charge in [0.25, 0.3) is 0 Å². The average molecular weight is 284 g/mol. The molecule has 0 spiro atoms. The second-order valence-corrected chi connectivity index (χ2v) is 6.44. The van der Waals surface area contributed by atoms with Gasteiger partial charge in [0.15, 0.2) is 0 Å². The van der Waals surface area contributed by atoms with Gasteiger partial charge in [0.2, 0.25) is 0 Å². The van der Waals surface area contributed by atoms with Crippen molar-refractivity contribution in [2.75, 3.05) is 13.2 Å². The Morgan fingerprint density at radius 3 is 2.30 bits per heavy atom. The highest BCUT2D eigenvalue weighted by Gasteiger charge is 2.44. The fourth-order valence-corrected chi connectivity index (χ4v) is 3.36. The zero-order chi connectivity index (χ0) is 13.9. The Hall–Kier alpha value is -0.810. The molecule has 5 heteroatoms. The van der Waals surface area contributed by atoms with Gasteiger partial charge in [-0.2, -0.15) is 0 Å². The third kappa shape index (κ3) is 3.85. The lowest BCUT2D eigenvalue weighted by molar-refractivity contribution is 0.0202. The fourth-order valence-electron chi connectivity index (χ4n) is 3.36. The van der Waals surface area contributed by atoms with Crippen LogP contribution >= 0.6 is 0 Å². The van der Waals surface area contributed by atoms with Crippen molar-refractivity contribution in [1.82, 2.24) is 0 Å². The van der Waals surface area contributed by atoms with Crippen molar-refractivity contribution < 1.29 is 24.1 Å². The van der Waals surface area contributed by atoms with Crippen LogP contribution in [0.5, 0.6) is 0 Å². The van der Waals surface area contributed by atoms with Crippen LogP contribution in [0.3, 0.4) is 0 Å². The molecule has 3 aliphatic rings. The first-order valence-corrected chi connectivity index (χ1v) is 7.84. The monoisotopic (exact) mass is 284 g/mol. The summed E-state index contributed by atoms with van der Waals surface area (Å²) in [5, 5.41) is 9.41. The average Bonchev–Trinajstić information content (AvgIpc) is 3.23. The Morgan fingerprint density at radius 1 is 0.950 bits per heavy atom. The molecular weight excluding hydrogens is 260 g/mol. The first kappa shape index (κ1) is 14.1. The Labute approximate surface area is 119 Å². The maximum Gasteiger partial charge on any atom is 0.508 e. The van der Waals surface area contributed by atoms with Crippen LogP contribution in [0.1, 0.15) is 44.9 Å². The van der Waals surface area contributed by atoms with Gasteiger partial charge in [0, 0.05) is 0 Å². The second-order valence-electron chi connectivity index (χ2n) is 6.44. The van der Waals surface area contributed by atoms with Crippen molar-refractivity contribution >= 4 is 6.16 Å². The van der Waals surface area contributed by atoms with Crippen LogP contribution in [0.25, 0.3) is 0 Å². The highest BCUT2D eigenvalue weighted by Crippen LogP contribution is 2.39. The summed E-state index contributed by atoms with van der Waals surface area (Å²) in [6.45, 7) is 0.874. The minimum atomic E-state index is -0.546. The van der Waals surface area contributed by atoms with Gasteiger partial charge in [-0.05, 0) is 56.8 Å². The molecule has 0 aromatic heterocycles. The molecule has 1 N–H and O–H groups in total. The van der Waals surface area contributed by atoms with Crippen molar-refractivity contribution in [2.24, 2.45) is 11.8 Å². The minimum Gasteiger partial charge on any atom is -0.434 e. The molecule has 0 bridgehead atoms. The van der Waals surface area contributed by atoms with Gasteiger partial charge in [0.1, 0.15) is 0 Å². The summed E-state index contributed by atoms with van der Waals surface area (Å²) in [5.74, 6) is 0.803. The highest BCUT2D eigenvalue weighted by molar-refractivity contribution is 5.59. The van der Waals surface area contributed by atoms with Crippen LogP contribution in [0.2, 0.25) is 0 Å². The molecule has 1 aliphatic heterocycles. The fraction of sp³-hybridized carbons (Fsp3) is 0.933. The van der Waals surface area contributed by atoms with Crippen molar-refractivity contribution in [3.05, 3.63) is 0 Å². The first-order valence-electron chi connectivity index (χ1n) is 7.84. The summed E-state index contributed by atoms with van der Waals surface area (Å²) in [7, 11) is 0. The molecule has 0 radical (unpaired) electrons. The molecule has 1 heterocycles. The van der Waals surface area contributed by atoms with Crippen LogP contribution in [0.15, 0.2) is 0 Å². The number of aliphatic hydroxyl groups excluding tert-OH is 1.